The van der Waals surface area contributed by atoms with Crippen molar-refractivity contribution < 1.29 is 35.9 Å². The van der Waals surface area contributed by atoms with E-state index in [0.717, 1.165) is 24.3 Å². The number of rotatable bonds is 3. The quantitative estimate of drug-likeness (QED) is 0.660. The topological polar surface area (TPSA) is 26.3 Å². The molecule has 2 aromatic rings. The van der Waals surface area contributed by atoms with Gasteiger partial charge in [-0.15, -0.1) is 0 Å². The van der Waals surface area contributed by atoms with E-state index in [9.17, 15) is 31.1 Å². The summed E-state index contributed by atoms with van der Waals surface area (Å²) < 4.78 is 87.5. The lowest BCUT2D eigenvalue weighted by molar-refractivity contribution is -0.00888. The average Bonchev–Trinajstić information content (AvgIpc) is 3.31. The molecule has 1 spiro atoms. The lowest BCUT2D eigenvalue weighted by Crippen LogP contribution is -2.34. The minimum absolute atomic E-state index is 0.0245. The molecule has 2 aromatic carbocycles. The highest BCUT2D eigenvalue weighted by molar-refractivity contribution is 6.10. The van der Waals surface area contributed by atoms with Crippen LogP contribution in [0.3, 0.4) is 0 Å². The van der Waals surface area contributed by atoms with Gasteiger partial charge >= 0.3 is 5.92 Å². The Morgan fingerprint density at radius 3 is 2.15 bits per heavy atom. The molecule has 2 aliphatic rings. The number of hydrogen-bond donors (Lipinski definition) is 0. The molecule has 1 saturated carbocycles. The molecule has 0 radical (unpaired) electrons. The Labute approximate surface area is 143 Å². The number of benzene rings is 2. The summed E-state index contributed by atoms with van der Waals surface area (Å²) in [6.45, 7) is 0. The molecule has 0 heterocycles. The maximum atomic E-state index is 14.3. The van der Waals surface area contributed by atoms with Crippen molar-refractivity contribution >= 4 is 5.78 Å². The van der Waals surface area contributed by atoms with Crippen molar-refractivity contribution in [1.29, 1.82) is 0 Å². The molecule has 2 aliphatic carbocycles. The minimum atomic E-state index is -3.76. The second-order valence-corrected chi connectivity index (χ2v) is 6.39. The van der Waals surface area contributed by atoms with Gasteiger partial charge in [0.05, 0.1) is 11.0 Å². The van der Waals surface area contributed by atoms with E-state index in [1.165, 1.54) is 0 Å². The molecule has 0 N–H and O–H groups in total. The molecule has 8 heteroatoms. The van der Waals surface area contributed by atoms with Gasteiger partial charge in [-0.1, -0.05) is 6.07 Å². The van der Waals surface area contributed by atoms with Crippen LogP contribution in [0.2, 0.25) is 0 Å². The smallest absolute Gasteiger partial charge is 0.319 e. The van der Waals surface area contributed by atoms with Crippen LogP contribution in [-0.2, 0) is 5.41 Å². The van der Waals surface area contributed by atoms with Crippen molar-refractivity contribution in [2.24, 2.45) is 0 Å². The Bertz CT molecular complexity index is 913. The number of carbonyl (C=O) groups is 1. The Morgan fingerprint density at radius 2 is 1.62 bits per heavy atom. The molecule has 0 bridgehead atoms. The maximum absolute atomic E-state index is 14.3. The third-order valence-corrected chi connectivity index (χ3v) is 4.87. The molecule has 0 unspecified atom stereocenters. The number of Topliss-reactive ketones (excluding diaryl/α,β-unsaturated/α-hetero) is 1. The zero-order valence-electron chi connectivity index (χ0n) is 13.0. The summed E-state index contributed by atoms with van der Waals surface area (Å²) in [5.41, 5.74) is -3.59. The average molecular weight is 372 g/mol. The number of fused-ring (bicyclic) bond motifs is 2. The first-order chi connectivity index (χ1) is 12.2. The van der Waals surface area contributed by atoms with Crippen molar-refractivity contribution in [2.75, 3.05) is 0 Å². The Hall–Kier alpha value is -2.51. The molecule has 0 aromatic heterocycles. The van der Waals surface area contributed by atoms with Gasteiger partial charge < -0.3 is 4.74 Å². The second kappa shape index (κ2) is 5.25. The highest BCUT2D eigenvalue weighted by Crippen LogP contribution is 2.65. The van der Waals surface area contributed by atoms with Gasteiger partial charge in [0.2, 0.25) is 5.78 Å². The van der Waals surface area contributed by atoms with Crippen LogP contribution in [0.15, 0.2) is 30.3 Å². The zero-order chi connectivity index (χ0) is 18.9. The van der Waals surface area contributed by atoms with Gasteiger partial charge in [0.25, 0.3) is 6.43 Å². The van der Waals surface area contributed by atoms with Crippen LogP contribution in [-0.4, -0.2) is 11.7 Å². The number of ketones is 1. The van der Waals surface area contributed by atoms with E-state index in [1.807, 2.05) is 0 Å². The number of hydrogen-bond acceptors (Lipinski definition) is 2. The van der Waals surface area contributed by atoms with Crippen molar-refractivity contribution in [3.8, 4) is 11.5 Å². The first kappa shape index (κ1) is 16.9. The van der Waals surface area contributed by atoms with Gasteiger partial charge in [-0.2, -0.15) is 8.78 Å². The second-order valence-electron chi connectivity index (χ2n) is 6.39. The van der Waals surface area contributed by atoms with Crippen molar-refractivity contribution in [3.63, 3.8) is 0 Å². The standard InChI is InChI=1S/C18H10F6O2/c19-8-5-9(20)7-10(6-8)26-12-2-1-11-13(14(12)16(21)22)15(25)18(23,24)17(11)3-4-17/h1-2,5-7,16H,3-4H2. The fourth-order valence-electron chi connectivity index (χ4n) is 3.52. The Kier molecular flexibility index (Phi) is 3.42. The van der Waals surface area contributed by atoms with Gasteiger partial charge in [-0.25, -0.2) is 17.6 Å². The molecule has 4 rings (SSSR count). The first-order valence-electron chi connectivity index (χ1n) is 7.69. The predicted octanol–water partition coefficient (Wildman–Crippen LogP) is 5.56. The number of alkyl halides is 4. The van der Waals surface area contributed by atoms with E-state index in [2.05, 4.69) is 0 Å². The molecule has 0 amide bonds. The van der Waals surface area contributed by atoms with Crippen LogP contribution >= 0.6 is 0 Å². The van der Waals surface area contributed by atoms with Crippen LogP contribution in [0.1, 0.15) is 40.8 Å². The van der Waals surface area contributed by atoms with E-state index in [4.69, 9.17) is 4.74 Å². The summed E-state index contributed by atoms with van der Waals surface area (Å²) >= 11 is 0. The molecule has 26 heavy (non-hydrogen) atoms. The number of halogens is 6. The normalized spacial score (nSPS) is 19.1. The number of ether oxygens (including phenoxy) is 1. The Morgan fingerprint density at radius 1 is 1.00 bits per heavy atom. The molecule has 0 aliphatic heterocycles. The summed E-state index contributed by atoms with van der Waals surface area (Å²) in [6, 6.07) is 4.25. The maximum Gasteiger partial charge on any atom is 0.319 e. The van der Waals surface area contributed by atoms with E-state index in [1.54, 1.807) is 0 Å². The van der Waals surface area contributed by atoms with Crippen LogP contribution in [0.4, 0.5) is 26.3 Å². The fourth-order valence-corrected chi connectivity index (χ4v) is 3.52. The highest BCUT2D eigenvalue weighted by atomic mass is 19.3. The van der Waals surface area contributed by atoms with Crippen LogP contribution in [0.25, 0.3) is 0 Å². The largest absolute Gasteiger partial charge is 0.457 e. The monoisotopic (exact) mass is 372 g/mol. The van der Waals surface area contributed by atoms with Crippen molar-refractivity contribution in [3.05, 3.63) is 58.7 Å². The zero-order valence-corrected chi connectivity index (χ0v) is 13.0. The molecular weight excluding hydrogens is 362 g/mol. The molecular formula is C18H10F6O2. The van der Waals surface area contributed by atoms with Crippen molar-refractivity contribution in [2.45, 2.75) is 30.6 Å². The number of carbonyl (C=O) groups excluding carboxylic acids is 1. The van der Waals surface area contributed by atoms with Gasteiger partial charge in [0.15, 0.2) is 0 Å². The third kappa shape index (κ3) is 2.17. The van der Waals surface area contributed by atoms with Crippen molar-refractivity contribution in [1.82, 2.24) is 0 Å². The van der Waals surface area contributed by atoms with E-state index in [0.29, 0.717) is 6.07 Å². The van der Waals surface area contributed by atoms with Gasteiger partial charge in [0.1, 0.15) is 23.1 Å². The molecule has 0 atom stereocenters. The lowest BCUT2D eigenvalue weighted by atomic mass is 9.94. The van der Waals surface area contributed by atoms with Gasteiger partial charge in [-0.3, -0.25) is 4.79 Å². The summed E-state index contributed by atoms with van der Waals surface area (Å²) in [6.07, 6.45) is -3.24. The lowest BCUT2D eigenvalue weighted by Gasteiger charge is -2.17. The fraction of sp³-hybridized carbons (Fsp3) is 0.278. The summed E-state index contributed by atoms with van der Waals surface area (Å²) in [5, 5.41) is 0. The van der Waals surface area contributed by atoms with Crippen LogP contribution in [0.5, 0.6) is 11.5 Å². The summed E-state index contributed by atoms with van der Waals surface area (Å²) in [7, 11) is 0. The van der Waals surface area contributed by atoms with E-state index < -0.39 is 57.8 Å². The summed E-state index contributed by atoms with van der Waals surface area (Å²) in [4.78, 5) is 12.2. The van der Waals surface area contributed by atoms with E-state index in [-0.39, 0.29) is 18.4 Å². The molecule has 0 saturated heterocycles. The molecule has 136 valence electrons. The summed E-state index contributed by atoms with van der Waals surface area (Å²) in [5.74, 6) is -8.45. The Balaban J connectivity index is 1.86. The minimum Gasteiger partial charge on any atom is -0.457 e. The third-order valence-electron chi connectivity index (χ3n) is 4.87. The first-order valence-corrected chi connectivity index (χ1v) is 7.69. The van der Waals surface area contributed by atoms with Gasteiger partial charge in [0, 0.05) is 23.8 Å². The highest BCUT2D eigenvalue weighted by Gasteiger charge is 2.72. The van der Waals surface area contributed by atoms with Gasteiger partial charge in [-0.05, 0) is 24.5 Å². The SMILES string of the molecule is O=C1c2c(ccc(Oc3cc(F)cc(F)c3)c2C(F)F)C2(CC2)C1(F)F. The predicted molar refractivity (Wildman–Crippen MR) is 78.0 cm³/mol. The molecule has 2 nitrogen and oxygen atoms in total. The van der Waals surface area contributed by atoms with E-state index >= 15 is 0 Å². The van der Waals surface area contributed by atoms with Crippen LogP contribution in [0, 0.1) is 11.6 Å². The van der Waals surface area contributed by atoms with Crippen LogP contribution < -0.4 is 4.74 Å². The molecule has 1 fully saturated rings.